The zero-order valence-electron chi connectivity index (χ0n) is 12.3. The Morgan fingerprint density at radius 3 is 2.67 bits per heavy atom. The first-order chi connectivity index (χ1) is 9.88. The largest absolute Gasteiger partial charge is 0.469 e. The Balaban J connectivity index is 2.62. The van der Waals surface area contributed by atoms with E-state index in [1.807, 2.05) is 0 Å². The second kappa shape index (κ2) is 5.85. The molecule has 0 saturated heterocycles. The first-order valence-electron chi connectivity index (χ1n) is 6.46. The van der Waals surface area contributed by atoms with E-state index in [1.54, 1.807) is 26.8 Å². The van der Waals surface area contributed by atoms with E-state index in [-0.39, 0.29) is 16.7 Å². The molecule has 0 fully saturated rings. The monoisotopic (exact) mass is 310 g/mol. The number of nitrogens with zero attached hydrogens (tertiary/aromatic N) is 2. The van der Waals surface area contributed by atoms with E-state index in [0.29, 0.717) is 11.4 Å². The number of aryl methyl sites for hydroxylation is 1. The summed E-state index contributed by atoms with van der Waals surface area (Å²) in [5, 5.41) is 4.59. The molecule has 2 aromatic rings. The Hall–Kier alpha value is -1.88. The molecule has 1 aromatic heterocycles. The fraction of sp³-hybridized carbons (Fsp3) is 0.333. The Morgan fingerprint density at radius 1 is 1.43 bits per heavy atom. The average molecular weight is 311 g/mol. The van der Waals surface area contributed by atoms with Gasteiger partial charge in [0.1, 0.15) is 11.5 Å². The zero-order valence-corrected chi connectivity index (χ0v) is 13.0. The van der Waals surface area contributed by atoms with Gasteiger partial charge < -0.3 is 4.74 Å². The summed E-state index contributed by atoms with van der Waals surface area (Å²) >= 11 is 6.07. The van der Waals surface area contributed by atoms with Crippen molar-refractivity contribution in [3.63, 3.8) is 0 Å². The summed E-state index contributed by atoms with van der Waals surface area (Å²) in [4.78, 5) is 11.7. The highest BCUT2D eigenvalue weighted by Crippen LogP contribution is 2.30. The Labute approximate surface area is 127 Å². The smallest absolute Gasteiger partial charge is 0.312 e. The number of hydrogen-bond donors (Lipinski definition) is 0. The lowest BCUT2D eigenvalue weighted by molar-refractivity contribution is -0.142. The number of carbonyl (C=O) groups is 1. The van der Waals surface area contributed by atoms with Gasteiger partial charge in [-0.15, -0.1) is 0 Å². The highest BCUT2D eigenvalue weighted by Gasteiger charge is 2.25. The van der Waals surface area contributed by atoms with Gasteiger partial charge in [-0.2, -0.15) is 5.10 Å². The van der Waals surface area contributed by atoms with Gasteiger partial charge in [0.15, 0.2) is 0 Å². The molecule has 1 aromatic carbocycles. The van der Waals surface area contributed by atoms with Gasteiger partial charge in [0, 0.05) is 11.3 Å². The van der Waals surface area contributed by atoms with Crippen LogP contribution in [0.4, 0.5) is 4.39 Å². The van der Waals surface area contributed by atoms with Gasteiger partial charge in [0.25, 0.3) is 0 Å². The normalized spacial score (nSPS) is 12.3. The van der Waals surface area contributed by atoms with Crippen LogP contribution in [0.2, 0.25) is 5.02 Å². The molecule has 0 aliphatic heterocycles. The average Bonchev–Trinajstić information content (AvgIpc) is 2.72. The van der Waals surface area contributed by atoms with Crippen LogP contribution >= 0.6 is 11.6 Å². The van der Waals surface area contributed by atoms with Crippen molar-refractivity contribution < 1.29 is 13.9 Å². The van der Waals surface area contributed by atoms with Crippen LogP contribution in [0, 0.1) is 19.7 Å². The molecule has 0 spiro atoms. The molecule has 112 valence electrons. The van der Waals surface area contributed by atoms with Crippen LogP contribution in [0.3, 0.4) is 0 Å². The van der Waals surface area contributed by atoms with Crippen LogP contribution < -0.4 is 0 Å². The molecule has 1 heterocycles. The van der Waals surface area contributed by atoms with Crippen LogP contribution in [-0.4, -0.2) is 22.9 Å². The quantitative estimate of drug-likeness (QED) is 0.814. The lowest BCUT2D eigenvalue weighted by atomic mass is 9.99. The maximum absolute atomic E-state index is 14.0. The predicted molar refractivity (Wildman–Crippen MR) is 78.4 cm³/mol. The van der Waals surface area contributed by atoms with Crippen LogP contribution in [-0.2, 0) is 9.53 Å². The third-order valence-corrected chi connectivity index (χ3v) is 3.79. The molecule has 1 unspecified atom stereocenters. The molecule has 0 bridgehead atoms. The molecule has 0 saturated carbocycles. The Bertz CT molecular complexity index is 677. The van der Waals surface area contributed by atoms with E-state index >= 15 is 0 Å². The van der Waals surface area contributed by atoms with Crippen molar-refractivity contribution in [1.82, 2.24) is 9.78 Å². The summed E-state index contributed by atoms with van der Waals surface area (Å²) in [7, 11) is 1.33. The lowest BCUT2D eigenvalue weighted by Gasteiger charge is -2.11. The number of para-hydroxylation sites is 1. The van der Waals surface area contributed by atoms with E-state index in [0.717, 1.165) is 5.56 Å². The lowest BCUT2D eigenvalue weighted by Crippen LogP contribution is -2.12. The highest BCUT2D eigenvalue weighted by molar-refractivity contribution is 6.32. The molecule has 6 heteroatoms. The number of benzene rings is 1. The third-order valence-electron chi connectivity index (χ3n) is 3.48. The minimum atomic E-state index is -0.478. The van der Waals surface area contributed by atoms with Crippen LogP contribution in [0.25, 0.3) is 5.69 Å². The number of halogens is 2. The molecule has 0 radical (unpaired) electrons. The number of methoxy groups -OCH3 is 1. The van der Waals surface area contributed by atoms with E-state index in [1.165, 1.54) is 23.9 Å². The molecule has 0 amide bonds. The van der Waals surface area contributed by atoms with E-state index < -0.39 is 11.7 Å². The molecular weight excluding hydrogens is 295 g/mol. The van der Waals surface area contributed by atoms with Crippen molar-refractivity contribution in [2.75, 3.05) is 7.11 Å². The topological polar surface area (TPSA) is 44.1 Å². The maximum Gasteiger partial charge on any atom is 0.312 e. The van der Waals surface area contributed by atoms with Crippen LogP contribution in [0.5, 0.6) is 0 Å². The van der Waals surface area contributed by atoms with Crippen LogP contribution in [0.15, 0.2) is 18.2 Å². The molecule has 4 nitrogen and oxygen atoms in total. The SMILES string of the molecule is COC(=O)C(C)c1c(C)nn(-c2c(F)cccc2Cl)c1C. The van der Waals surface area contributed by atoms with Gasteiger partial charge in [-0.25, -0.2) is 9.07 Å². The van der Waals surface area contributed by atoms with E-state index in [4.69, 9.17) is 16.3 Å². The van der Waals surface area contributed by atoms with Gasteiger partial charge >= 0.3 is 5.97 Å². The summed E-state index contributed by atoms with van der Waals surface area (Å²) in [6.07, 6.45) is 0. The second-order valence-electron chi connectivity index (χ2n) is 4.81. The fourth-order valence-electron chi connectivity index (χ4n) is 2.49. The van der Waals surface area contributed by atoms with Gasteiger partial charge in [-0.3, -0.25) is 4.79 Å². The first-order valence-corrected chi connectivity index (χ1v) is 6.84. The maximum atomic E-state index is 14.0. The molecule has 0 aliphatic carbocycles. The van der Waals surface area contributed by atoms with E-state index in [2.05, 4.69) is 5.10 Å². The van der Waals surface area contributed by atoms with E-state index in [9.17, 15) is 9.18 Å². The number of aromatic nitrogens is 2. The highest BCUT2D eigenvalue weighted by atomic mass is 35.5. The minimum Gasteiger partial charge on any atom is -0.469 e. The Morgan fingerprint density at radius 2 is 2.10 bits per heavy atom. The molecule has 0 aliphatic rings. The molecule has 21 heavy (non-hydrogen) atoms. The number of ether oxygens (including phenoxy) is 1. The molecule has 1 atom stereocenters. The van der Waals surface area contributed by atoms with Crippen molar-refractivity contribution in [2.45, 2.75) is 26.7 Å². The van der Waals surface area contributed by atoms with Crippen molar-refractivity contribution in [2.24, 2.45) is 0 Å². The number of hydrogen-bond acceptors (Lipinski definition) is 3. The summed E-state index contributed by atoms with van der Waals surface area (Å²) in [5.41, 5.74) is 2.21. The van der Waals surface area contributed by atoms with Gasteiger partial charge in [0.05, 0.1) is 23.7 Å². The molecular formula is C15H16ClFN2O2. The number of rotatable bonds is 3. The number of esters is 1. The Kier molecular flexibility index (Phi) is 4.32. The molecule has 0 N–H and O–H groups in total. The van der Waals surface area contributed by atoms with Crippen molar-refractivity contribution in [1.29, 1.82) is 0 Å². The number of carbonyl (C=O) groups excluding carboxylic acids is 1. The summed E-state index contributed by atoms with van der Waals surface area (Å²) < 4.78 is 20.2. The second-order valence-corrected chi connectivity index (χ2v) is 5.22. The molecule has 2 rings (SSSR count). The third kappa shape index (κ3) is 2.65. The minimum absolute atomic E-state index is 0.183. The van der Waals surface area contributed by atoms with Gasteiger partial charge in [0.2, 0.25) is 0 Å². The van der Waals surface area contributed by atoms with Crippen molar-refractivity contribution in [3.05, 3.63) is 46.0 Å². The van der Waals surface area contributed by atoms with Crippen molar-refractivity contribution in [3.8, 4) is 5.69 Å². The van der Waals surface area contributed by atoms with Crippen molar-refractivity contribution >= 4 is 17.6 Å². The predicted octanol–water partition coefficient (Wildman–Crippen LogP) is 3.56. The van der Waals surface area contributed by atoms with Gasteiger partial charge in [-0.1, -0.05) is 17.7 Å². The summed E-state index contributed by atoms with van der Waals surface area (Å²) in [6.45, 7) is 5.28. The van der Waals surface area contributed by atoms with Gasteiger partial charge in [-0.05, 0) is 32.9 Å². The van der Waals surface area contributed by atoms with Crippen LogP contribution in [0.1, 0.15) is 29.8 Å². The first kappa shape index (κ1) is 15.5. The summed E-state index contributed by atoms with van der Waals surface area (Å²) in [6, 6.07) is 4.45. The summed E-state index contributed by atoms with van der Waals surface area (Å²) in [5.74, 6) is -1.31. The fourth-order valence-corrected chi connectivity index (χ4v) is 2.73. The zero-order chi connectivity index (χ0) is 15.7. The standard InChI is InChI=1S/C15H16ClFN2O2/c1-8(15(20)21-4)13-9(2)18-19(10(13)3)14-11(16)6-5-7-12(14)17/h5-8H,1-4H3.